The lowest BCUT2D eigenvalue weighted by atomic mass is 9.99. The van der Waals surface area contributed by atoms with Gasteiger partial charge in [0, 0.05) is 57.6 Å². The van der Waals surface area contributed by atoms with Gasteiger partial charge in [-0.25, -0.2) is 0 Å². The summed E-state index contributed by atoms with van der Waals surface area (Å²) in [6, 6.07) is 8.61. The highest BCUT2D eigenvalue weighted by Crippen LogP contribution is 2.22. The molecular weight excluding hydrogens is 314 g/mol. The van der Waals surface area contributed by atoms with Crippen molar-refractivity contribution in [2.45, 2.75) is 32.0 Å². The first kappa shape index (κ1) is 16.3. The fraction of sp³-hybridized carbons (Fsp3) is 0.474. The number of aryl methyl sites for hydroxylation is 1. The third-order valence-corrected chi connectivity index (χ3v) is 5.23. The summed E-state index contributed by atoms with van der Waals surface area (Å²) < 4.78 is 1.75. The highest BCUT2D eigenvalue weighted by molar-refractivity contribution is 5.93. The van der Waals surface area contributed by atoms with Gasteiger partial charge in [-0.15, -0.1) is 0 Å². The zero-order chi connectivity index (χ0) is 17.4. The molecule has 0 aliphatic carbocycles. The number of fused-ring (bicyclic) bond motifs is 1. The summed E-state index contributed by atoms with van der Waals surface area (Å²) in [6.45, 7) is 4.04. The summed E-state index contributed by atoms with van der Waals surface area (Å²) in [6.07, 6.45) is 3.90. The van der Waals surface area contributed by atoms with Crippen LogP contribution in [-0.4, -0.2) is 51.2 Å². The van der Waals surface area contributed by atoms with E-state index < -0.39 is 0 Å². The van der Waals surface area contributed by atoms with E-state index in [1.54, 1.807) is 4.68 Å². The number of likely N-dealkylation sites (tertiary alicyclic amines) is 1. The van der Waals surface area contributed by atoms with Gasteiger partial charge in [0.15, 0.2) is 5.69 Å². The van der Waals surface area contributed by atoms with Crippen molar-refractivity contribution >= 4 is 5.91 Å². The van der Waals surface area contributed by atoms with E-state index in [2.05, 4.69) is 28.2 Å². The van der Waals surface area contributed by atoms with Crippen LogP contribution in [0.15, 0.2) is 30.5 Å². The van der Waals surface area contributed by atoms with Gasteiger partial charge < -0.3 is 10.6 Å². The number of amides is 1. The molecule has 1 amide bonds. The molecule has 1 atom stereocenters. The first-order valence-electron chi connectivity index (χ1n) is 8.96. The average molecular weight is 339 g/mol. The highest BCUT2D eigenvalue weighted by Gasteiger charge is 2.27. The maximum absolute atomic E-state index is 13.1. The molecule has 25 heavy (non-hydrogen) atoms. The van der Waals surface area contributed by atoms with Crippen LogP contribution in [0.5, 0.6) is 0 Å². The van der Waals surface area contributed by atoms with Gasteiger partial charge in [-0.3, -0.25) is 14.4 Å². The number of rotatable bonds is 3. The van der Waals surface area contributed by atoms with Crippen molar-refractivity contribution in [3.05, 3.63) is 52.8 Å². The zero-order valence-electron chi connectivity index (χ0n) is 14.7. The normalized spacial score (nSPS) is 20.7. The summed E-state index contributed by atoms with van der Waals surface area (Å²) in [7, 11) is 1.88. The molecule has 0 bridgehead atoms. The highest BCUT2D eigenvalue weighted by atomic mass is 16.2. The van der Waals surface area contributed by atoms with Crippen LogP contribution in [-0.2, 0) is 26.6 Å². The van der Waals surface area contributed by atoms with E-state index in [1.807, 2.05) is 24.2 Å². The summed E-state index contributed by atoms with van der Waals surface area (Å²) in [4.78, 5) is 17.3. The molecule has 0 saturated carbocycles. The Morgan fingerprint density at radius 1 is 1.28 bits per heavy atom. The molecule has 6 heteroatoms. The van der Waals surface area contributed by atoms with E-state index in [4.69, 9.17) is 5.73 Å². The summed E-state index contributed by atoms with van der Waals surface area (Å²) >= 11 is 0. The van der Waals surface area contributed by atoms with Gasteiger partial charge >= 0.3 is 0 Å². The number of carbonyl (C=O) groups is 1. The second-order valence-electron chi connectivity index (χ2n) is 7.21. The minimum absolute atomic E-state index is 0.0357. The van der Waals surface area contributed by atoms with Gasteiger partial charge in [0.25, 0.3) is 5.91 Å². The van der Waals surface area contributed by atoms with Gasteiger partial charge in [0.05, 0.1) is 0 Å². The summed E-state index contributed by atoms with van der Waals surface area (Å²) in [5.41, 5.74) is 10.2. The van der Waals surface area contributed by atoms with Gasteiger partial charge in [0.1, 0.15) is 0 Å². The number of hydrogen-bond donors (Lipinski definition) is 1. The average Bonchev–Trinajstić information content (AvgIpc) is 3.19. The van der Waals surface area contributed by atoms with Crippen molar-refractivity contribution in [2.24, 2.45) is 12.8 Å². The maximum atomic E-state index is 13.1. The molecule has 1 aromatic heterocycles. The van der Waals surface area contributed by atoms with Crippen LogP contribution in [0.4, 0.5) is 0 Å². The molecule has 2 N–H and O–H groups in total. The summed E-state index contributed by atoms with van der Waals surface area (Å²) in [5, 5.41) is 4.47. The Hall–Kier alpha value is -2.18. The second-order valence-corrected chi connectivity index (χ2v) is 7.21. The van der Waals surface area contributed by atoms with Crippen LogP contribution in [0.3, 0.4) is 0 Å². The molecule has 1 saturated heterocycles. The minimum Gasteiger partial charge on any atom is -0.333 e. The number of benzene rings is 1. The second kappa shape index (κ2) is 6.61. The number of nitrogens with zero attached hydrogens (tertiary/aromatic N) is 4. The zero-order valence-corrected chi connectivity index (χ0v) is 14.7. The van der Waals surface area contributed by atoms with Crippen molar-refractivity contribution in [1.82, 2.24) is 19.6 Å². The molecule has 2 aromatic rings. The van der Waals surface area contributed by atoms with E-state index in [1.165, 1.54) is 11.1 Å². The first-order valence-corrected chi connectivity index (χ1v) is 8.96. The number of hydrogen-bond acceptors (Lipinski definition) is 4. The van der Waals surface area contributed by atoms with Crippen molar-refractivity contribution in [3.8, 4) is 0 Å². The third kappa shape index (κ3) is 3.32. The van der Waals surface area contributed by atoms with E-state index in [9.17, 15) is 4.79 Å². The van der Waals surface area contributed by atoms with E-state index in [-0.39, 0.29) is 11.9 Å². The molecule has 2 aliphatic heterocycles. The molecule has 4 rings (SSSR count). The van der Waals surface area contributed by atoms with E-state index in [0.717, 1.165) is 44.6 Å². The van der Waals surface area contributed by atoms with Gasteiger partial charge in [-0.05, 0) is 24.0 Å². The fourth-order valence-corrected chi connectivity index (χ4v) is 3.90. The lowest BCUT2D eigenvalue weighted by Gasteiger charge is -2.28. The topological polar surface area (TPSA) is 67.4 Å². The first-order chi connectivity index (χ1) is 12.1. The van der Waals surface area contributed by atoms with Crippen LogP contribution in [0.2, 0.25) is 0 Å². The monoisotopic (exact) mass is 339 g/mol. The predicted molar refractivity (Wildman–Crippen MR) is 96.0 cm³/mol. The molecule has 1 fully saturated rings. The van der Waals surface area contributed by atoms with Crippen LogP contribution >= 0.6 is 0 Å². The Morgan fingerprint density at radius 2 is 2.08 bits per heavy atom. The van der Waals surface area contributed by atoms with Crippen molar-refractivity contribution in [1.29, 1.82) is 0 Å². The van der Waals surface area contributed by atoms with E-state index in [0.29, 0.717) is 12.2 Å². The molecule has 0 radical (unpaired) electrons. The third-order valence-electron chi connectivity index (χ3n) is 5.23. The smallest absolute Gasteiger partial charge is 0.275 e. The van der Waals surface area contributed by atoms with Gasteiger partial charge in [-0.2, -0.15) is 5.10 Å². The Morgan fingerprint density at radius 3 is 2.84 bits per heavy atom. The standard InChI is InChI=1S/C19H25N5O/c1-22-10-16(11-23-8-7-17(20)13-23)18(21-22)19(25)24-9-6-14-4-2-3-5-15(14)12-24/h2-5,10,17H,6-9,11-13,20H2,1H3. The van der Waals surface area contributed by atoms with E-state index >= 15 is 0 Å². The van der Waals surface area contributed by atoms with Crippen molar-refractivity contribution in [2.75, 3.05) is 19.6 Å². The number of aromatic nitrogens is 2. The predicted octanol–water partition coefficient (Wildman–Crippen LogP) is 1.15. The largest absolute Gasteiger partial charge is 0.333 e. The number of nitrogens with two attached hydrogens (primary N) is 1. The van der Waals surface area contributed by atoms with Gasteiger partial charge in [0.2, 0.25) is 0 Å². The SMILES string of the molecule is Cn1cc(CN2CCC(N)C2)c(C(=O)N2CCc3ccccc3C2)n1. The van der Waals surface area contributed by atoms with Crippen molar-refractivity contribution in [3.63, 3.8) is 0 Å². The molecule has 132 valence electrons. The molecule has 6 nitrogen and oxygen atoms in total. The minimum atomic E-state index is 0.0357. The fourth-order valence-electron chi connectivity index (χ4n) is 3.90. The molecular formula is C19H25N5O. The lowest BCUT2D eigenvalue weighted by molar-refractivity contribution is 0.0726. The molecule has 0 spiro atoms. The summed E-state index contributed by atoms with van der Waals surface area (Å²) in [5.74, 6) is 0.0357. The van der Waals surface area contributed by atoms with Crippen LogP contribution in [0, 0.1) is 0 Å². The Balaban J connectivity index is 1.53. The molecule has 1 unspecified atom stereocenters. The Kier molecular flexibility index (Phi) is 4.31. The maximum Gasteiger partial charge on any atom is 0.275 e. The van der Waals surface area contributed by atoms with Crippen LogP contribution in [0.25, 0.3) is 0 Å². The number of carbonyl (C=O) groups excluding carboxylic acids is 1. The Labute approximate surface area is 148 Å². The Bertz CT molecular complexity index is 784. The molecule has 1 aromatic carbocycles. The van der Waals surface area contributed by atoms with Gasteiger partial charge in [-0.1, -0.05) is 24.3 Å². The lowest BCUT2D eigenvalue weighted by Crippen LogP contribution is -2.37. The quantitative estimate of drug-likeness (QED) is 0.911. The van der Waals surface area contributed by atoms with Crippen LogP contribution in [0.1, 0.15) is 33.6 Å². The van der Waals surface area contributed by atoms with Crippen LogP contribution < -0.4 is 5.73 Å². The van der Waals surface area contributed by atoms with Crippen molar-refractivity contribution < 1.29 is 4.79 Å². The molecule has 3 heterocycles. The molecule has 2 aliphatic rings.